The fraction of sp³-hybridized carbons (Fsp3) is 0.312. The lowest BCUT2D eigenvalue weighted by molar-refractivity contribution is -0.146. The van der Waals surface area contributed by atoms with Crippen LogP contribution in [0.4, 0.5) is 24.7 Å². The first-order valence-electron chi connectivity index (χ1n) is 7.32. The van der Waals surface area contributed by atoms with Crippen molar-refractivity contribution in [2.75, 3.05) is 5.32 Å². The number of fused-ring (bicyclic) bond motifs is 1. The van der Waals surface area contributed by atoms with Crippen molar-refractivity contribution < 1.29 is 13.2 Å². The average molecular weight is 335 g/mol. The van der Waals surface area contributed by atoms with Gasteiger partial charge < -0.3 is 5.32 Å². The maximum Gasteiger partial charge on any atom is 0.453 e. The van der Waals surface area contributed by atoms with Crippen LogP contribution in [0.2, 0.25) is 0 Å². The molecule has 3 rings (SSSR count). The van der Waals surface area contributed by atoms with Crippen LogP contribution in [0.1, 0.15) is 32.2 Å². The van der Waals surface area contributed by atoms with Crippen LogP contribution in [-0.4, -0.2) is 19.8 Å². The van der Waals surface area contributed by atoms with E-state index in [0.29, 0.717) is 4.52 Å². The van der Waals surface area contributed by atoms with Crippen molar-refractivity contribution in [2.45, 2.75) is 32.4 Å². The third-order valence-electron chi connectivity index (χ3n) is 3.54. The maximum absolute atomic E-state index is 12.9. The van der Waals surface area contributed by atoms with Crippen LogP contribution >= 0.6 is 0 Å². The normalized spacial score (nSPS) is 12.6. The summed E-state index contributed by atoms with van der Waals surface area (Å²) in [6.07, 6.45) is -4.61. The quantitative estimate of drug-likeness (QED) is 0.763. The van der Waals surface area contributed by atoms with E-state index < -0.39 is 12.0 Å². The molecule has 0 aliphatic heterocycles. The molecule has 126 valence electrons. The van der Waals surface area contributed by atoms with Gasteiger partial charge in [0.1, 0.15) is 0 Å². The number of rotatable bonds is 2. The molecule has 0 fully saturated rings. The van der Waals surface area contributed by atoms with Crippen molar-refractivity contribution in [3.8, 4) is 0 Å². The van der Waals surface area contributed by atoms with E-state index in [2.05, 4.69) is 41.4 Å². The van der Waals surface area contributed by atoms with E-state index >= 15 is 0 Å². The van der Waals surface area contributed by atoms with Crippen LogP contribution in [0, 0.1) is 0 Å². The molecule has 0 radical (unpaired) electrons. The zero-order chi connectivity index (χ0) is 17.5. The second-order valence-corrected chi connectivity index (χ2v) is 6.46. The molecule has 0 atom stereocenters. The van der Waals surface area contributed by atoms with Gasteiger partial charge in [0.2, 0.25) is 0 Å². The Morgan fingerprint density at radius 2 is 1.58 bits per heavy atom. The van der Waals surface area contributed by atoms with E-state index in [1.807, 2.05) is 24.3 Å². The summed E-state index contributed by atoms with van der Waals surface area (Å²) in [6.45, 7) is 6.32. The Hall–Kier alpha value is -2.64. The fourth-order valence-electron chi connectivity index (χ4n) is 2.23. The first-order valence-corrected chi connectivity index (χ1v) is 7.32. The van der Waals surface area contributed by atoms with Gasteiger partial charge in [-0.05, 0) is 35.2 Å². The molecule has 0 amide bonds. The van der Waals surface area contributed by atoms with E-state index in [1.165, 1.54) is 6.07 Å². The molecule has 1 aromatic carbocycles. The molecule has 0 aliphatic rings. The number of aromatic nitrogens is 4. The molecular formula is C16H16F3N5. The fourth-order valence-corrected chi connectivity index (χ4v) is 2.23. The number of benzene rings is 1. The van der Waals surface area contributed by atoms with Gasteiger partial charge in [-0.2, -0.15) is 17.7 Å². The van der Waals surface area contributed by atoms with Gasteiger partial charge in [-0.15, -0.1) is 15.3 Å². The van der Waals surface area contributed by atoms with Gasteiger partial charge in [0, 0.05) is 5.69 Å². The average Bonchev–Trinajstić information content (AvgIpc) is 2.90. The Morgan fingerprint density at radius 3 is 2.17 bits per heavy atom. The second kappa shape index (κ2) is 5.47. The minimum atomic E-state index is -4.61. The predicted molar refractivity (Wildman–Crippen MR) is 84.2 cm³/mol. The van der Waals surface area contributed by atoms with E-state index in [-0.39, 0.29) is 16.9 Å². The number of hydrogen-bond acceptors (Lipinski definition) is 4. The van der Waals surface area contributed by atoms with Crippen molar-refractivity contribution >= 4 is 17.2 Å². The van der Waals surface area contributed by atoms with Gasteiger partial charge in [0.05, 0.1) is 0 Å². The third kappa shape index (κ3) is 3.17. The molecule has 0 bridgehead atoms. The van der Waals surface area contributed by atoms with Crippen LogP contribution in [-0.2, 0) is 11.6 Å². The Bertz CT molecular complexity index is 860. The minimum absolute atomic E-state index is 0.0276. The first kappa shape index (κ1) is 16.2. The number of halogens is 3. The van der Waals surface area contributed by atoms with Gasteiger partial charge >= 0.3 is 6.18 Å². The van der Waals surface area contributed by atoms with Crippen molar-refractivity contribution in [1.29, 1.82) is 0 Å². The van der Waals surface area contributed by atoms with Crippen molar-refractivity contribution in [3.63, 3.8) is 0 Å². The predicted octanol–water partition coefficient (Wildman–Crippen LogP) is 4.18. The zero-order valence-corrected chi connectivity index (χ0v) is 13.4. The highest BCUT2D eigenvalue weighted by molar-refractivity contribution is 5.57. The highest BCUT2D eigenvalue weighted by Gasteiger charge is 2.37. The highest BCUT2D eigenvalue weighted by atomic mass is 19.4. The standard InChI is InChI=1S/C16H16F3N5/c1-15(2,3)10-4-6-11(7-5-10)20-12-8-9-13-21-22-14(16(17,18)19)24(13)23-12/h4-9H,1-3H3,(H,20,23). The van der Waals surface area contributed by atoms with Gasteiger partial charge in [-0.25, -0.2) is 0 Å². The Morgan fingerprint density at radius 1 is 0.917 bits per heavy atom. The molecule has 8 heteroatoms. The number of hydrogen-bond donors (Lipinski definition) is 1. The molecule has 5 nitrogen and oxygen atoms in total. The lowest BCUT2D eigenvalue weighted by atomic mass is 9.87. The van der Waals surface area contributed by atoms with E-state index in [1.54, 1.807) is 6.07 Å². The number of nitrogens with one attached hydrogen (secondary N) is 1. The van der Waals surface area contributed by atoms with E-state index in [0.717, 1.165) is 11.3 Å². The Labute approximate surface area is 136 Å². The van der Waals surface area contributed by atoms with E-state index in [4.69, 9.17) is 0 Å². The van der Waals surface area contributed by atoms with Crippen molar-refractivity contribution in [1.82, 2.24) is 19.8 Å². The first-order chi connectivity index (χ1) is 11.1. The Balaban J connectivity index is 1.90. The maximum atomic E-state index is 12.9. The topological polar surface area (TPSA) is 55.1 Å². The lowest BCUT2D eigenvalue weighted by Crippen LogP contribution is -2.13. The number of alkyl halides is 3. The van der Waals surface area contributed by atoms with Crippen LogP contribution in [0.25, 0.3) is 5.65 Å². The summed E-state index contributed by atoms with van der Waals surface area (Å²) in [6, 6.07) is 10.7. The molecule has 1 N–H and O–H groups in total. The van der Waals surface area contributed by atoms with Gasteiger partial charge in [0.15, 0.2) is 11.5 Å². The summed E-state index contributed by atoms with van der Waals surface area (Å²) >= 11 is 0. The molecule has 0 unspecified atom stereocenters. The summed E-state index contributed by atoms with van der Waals surface area (Å²) in [5.74, 6) is -0.875. The summed E-state index contributed by atoms with van der Waals surface area (Å²) in [7, 11) is 0. The van der Waals surface area contributed by atoms with Crippen LogP contribution < -0.4 is 5.32 Å². The van der Waals surface area contributed by atoms with Gasteiger partial charge in [-0.3, -0.25) is 0 Å². The molecule has 24 heavy (non-hydrogen) atoms. The number of nitrogens with zero attached hydrogens (tertiary/aromatic N) is 4. The molecule has 0 saturated heterocycles. The lowest BCUT2D eigenvalue weighted by Gasteiger charge is -2.19. The summed E-state index contributed by atoms with van der Waals surface area (Å²) in [4.78, 5) is 0. The summed E-state index contributed by atoms with van der Waals surface area (Å²) in [5, 5.41) is 13.5. The molecular weight excluding hydrogens is 319 g/mol. The number of anilines is 2. The Kier molecular flexibility index (Phi) is 3.70. The van der Waals surface area contributed by atoms with E-state index in [9.17, 15) is 13.2 Å². The summed E-state index contributed by atoms with van der Waals surface area (Å²) in [5.41, 5.74) is 1.96. The molecule has 2 aromatic heterocycles. The smallest absolute Gasteiger partial charge is 0.339 e. The monoisotopic (exact) mass is 335 g/mol. The van der Waals surface area contributed by atoms with Crippen LogP contribution in [0.15, 0.2) is 36.4 Å². The highest BCUT2D eigenvalue weighted by Crippen LogP contribution is 2.28. The van der Waals surface area contributed by atoms with Gasteiger partial charge in [-0.1, -0.05) is 32.9 Å². The zero-order valence-electron chi connectivity index (χ0n) is 13.4. The molecule has 3 aromatic rings. The van der Waals surface area contributed by atoms with Crippen molar-refractivity contribution in [2.24, 2.45) is 0 Å². The van der Waals surface area contributed by atoms with Crippen molar-refractivity contribution in [3.05, 3.63) is 47.8 Å². The molecule has 0 saturated carbocycles. The minimum Gasteiger partial charge on any atom is -0.339 e. The summed E-state index contributed by atoms with van der Waals surface area (Å²) < 4.78 is 39.3. The largest absolute Gasteiger partial charge is 0.453 e. The van der Waals surface area contributed by atoms with Crippen LogP contribution in [0.5, 0.6) is 0 Å². The molecule has 0 aliphatic carbocycles. The SMILES string of the molecule is CC(C)(C)c1ccc(Nc2ccc3nnc(C(F)(F)F)n3n2)cc1. The van der Waals surface area contributed by atoms with Gasteiger partial charge in [0.25, 0.3) is 5.82 Å². The molecule has 0 spiro atoms. The molecule has 2 heterocycles. The second-order valence-electron chi connectivity index (χ2n) is 6.46. The van der Waals surface area contributed by atoms with Crippen LogP contribution in [0.3, 0.4) is 0 Å². The third-order valence-corrected chi connectivity index (χ3v) is 3.54.